The van der Waals surface area contributed by atoms with E-state index in [0.717, 1.165) is 31.8 Å². The molecular weight excluding hydrogens is 599 g/mol. The Labute approximate surface area is 239 Å². The number of benzene rings is 1. The third kappa shape index (κ3) is 8.19. The van der Waals surface area contributed by atoms with Gasteiger partial charge in [0.1, 0.15) is 29.9 Å². The monoisotopic (exact) mass is 621 g/mol. The van der Waals surface area contributed by atoms with Crippen molar-refractivity contribution in [2.45, 2.75) is 54.8 Å². The van der Waals surface area contributed by atoms with Crippen molar-refractivity contribution in [3.8, 4) is 0 Å². The van der Waals surface area contributed by atoms with Crippen LogP contribution in [0.1, 0.15) is 26.3 Å². The van der Waals surface area contributed by atoms with Crippen LogP contribution in [-0.4, -0.2) is 54.3 Å². The molecule has 3 unspecified atom stereocenters. The van der Waals surface area contributed by atoms with Gasteiger partial charge < -0.3 is 24.3 Å². The summed E-state index contributed by atoms with van der Waals surface area (Å²) < 4.78 is 64.1. The fourth-order valence-electron chi connectivity index (χ4n) is 3.72. The maximum atomic E-state index is 13.9. The van der Waals surface area contributed by atoms with Crippen molar-refractivity contribution in [3.63, 3.8) is 0 Å². The number of hydrogen-bond acceptors (Lipinski definition) is 12. The van der Waals surface area contributed by atoms with Crippen LogP contribution >= 0.6 is 34.7 Å². The Bertz CT molecular complexity index is 1290. The van der Waals surface area contributed by atoms with Gasteiger partial charge in [-0.2, -0.15) is 5.11 Å². The predicted octanol–water partition coefficient (Wildman–Crippen LogP) is 5.05. The fourth-order valence-corrected chi connectivity index (χ4v) is 6.22. The lowest BCUT2D eigenvalue weighted by Crippen LogP contribution is -2.64. The first-order valence-corrected chi connectivity index (χ1v) is 13.6. The maximum absolute atomic E-state index is 13.9. The highest BCUT2D eigenvalue weighted by Crippen LogP contribution is 2.39. The van der Waals surface area contributed by atoms with Gasteiger partial charge in [-0.3, -0.25) is 14.4 Å². The van der Waals surface area contributed by atoms with Crippen LogP contribution in [0.4, 0.5) is 13.2 Å². The molecule has 40 heavy (non-hydrogen) atoms. The van der Waals surface area contributed by atoms with Crippen LogP contribution < -0.4 is 5.32 Å². The van der Waals surface area contributed by atoms with Gasteiger partial charge in [-0.1, -0.05) is 23.4 Å². The molecule has 16 heteroatoms. The van der Waals surface area contributed by atoms with Crippen molar-refractivity contribution in [1.82, 2.24) is 5.32 Å². The first kappa shape index (κ1) is 31.4. The third-order valence-corrected chi connectivity index (χ3v) is 7.90. The van der Waals surface area contributed by atoms with Crippen LogP contribution in [0.25, 0.3) is 5.70 Å². The summed E-state index contributed by atoms with van der Waals surface area (Å²) in [5, 5.41) is 8.23. The molecule has 1 saturated heterocycles. The number of nitrogens with zero attached hydrogens (tertiary/aromatic N) is 1. The Morgan fingerprint density at radius 3 is 2.25 bits per heavy atom. The number of ether oxygens (including phenoxy) is 4. The summed E-state index contributed by atoms with van der Waals surface area (Å²) >= 11 is 8.46. The molecule has 0 spiro atoms. The van der Waals surface area contributed by atoms with Gasteiger partial charge in [-0.25, -0.2) is 18.7 Å². The van der Waals surface area contributed by atoms with E-state index in [9.17, 15) is 27.6 Å². The minimum absolute atomic E-state index is 0.283. The molecule has 10 nitrogen and oxygen atoms in total. The lowest BCUT2D eigenvalue weighted by Gasteiger charge is -2.45. The highest BCUT2D eigenvalue weighted by atomic mass is 35.5. The summed E-state index contributed by atoms with van der Waals surface area (Å²) in [6.07, 6.45) is -2.42. The standard InChI is InChI=1S/C24H23ClF3N3O7S2/c1-10(32)35-8-18-22(36-11(2)33)21(30-7-17(31-29)13-4-15(26)20(28)16(27)5-13)23(37-12(3)34)24(38-18)40-19-6-14(25)9-39-19/h4-7,9,18,21-24,29-30H,8H2,1-3H3/b17-7-,31-29?/t18?,21?,22-,23?,24+/m0/s1. The number of halogens is 4. The normalized spacial score (nSPS) is 22.8. The van der Waals surface area contributed by atoms with Crippen molar-refractivity contribution in [2.75, 3.05) is 6.61 Å². The molecule has 2 N–H and O–H groups in total. The van der Waals surface area contributed by atoms with Gasteiger partial charge in [-0.15, -0.1) is 11.3 Å². The molecule has 3 rings (SSSR count). The second-order valence-electron chi connectivity index (χ2n) is 8.28. The molecule has 0 amide bonds. The van der Waals surface area contributed by atoms with Gasteiger partial charge in [0.05, 0.1) is 9.23 Å². The molecule has 2 aromatic rings. The van der Waals surface area contributed by atoms with Gasteiger partial charge in [0.25, 0.3) is 0 Å². The largest absolute Gasteiger partial charge is 0.463 e. The van der Waals surface area contributed by atoms with Crippen molar-refractivity contribution < 1.29 is 46.5 Å². The zero-order valence-electron chi connectivity index (χ0n) is 21.1. The molecule has 5 atom stereocenters. The number of thioether (sulfide) groups is 1. The van der Waals surface area contributed by atoms with Crippen LogP contribution in [0, 0.1) is 23.0 Å². The van der Waals surface area contributed by atoms with Gasteiger partial charge >= 0.3 is 17.9 Å². The number of rotatable bonds is 10. The van der Waals surface area contributed by atoms with Gasteiger partial charge in [0.15, 0.2) is 29.7 Å². The molecule has 1 fully saturated rings. The van der Waals surface area contributed by atoms with Crippen LogP contribution in [-0.2, 0) is 33.3 Å². The number of carbonyl (C=O) groups excluding carboxylic acids is 3. The van der Waals surface area contributed by atoms with Crippen molar-refractivity contribution >= 4 is 58.3 Å². The Kier molecular flexibility index (Phi) is 11.0. The second-order valence-corrected chi connectivity index (χ2v) is 11.0. The molecule has 1 aromatic carbocycles. The quantitative estimate of drug-likeness (QED) is 0.162. The third-order valence-electron chi connectivity index (χ3n) is 5.29. The number of esters is 3. The zero-order chi connectivity index (χ0) is 29.6. The van der Waals surface area contributed by atoms with E-state index in [4.69, 9.17) is 36.1 Å². The molecule has 216 valence electrons. The van der Waals surface area contributed by atoms with Crippen LogP contribution in [0.5, 0.6) is 0 Å². The average Bonchev–Trinajstić information content (AvgIpc) is 3.28. The number of hydrogen-bond donors (Lipinski definition) is 2. The molecule has 2 heterocycles. The van der Waals surface area contributed by atoms with Crippen LogP contribution in [0.15, 0.2) is 39.1 Å². The highest BCUT2D eigenvalue weighted by molar-refractivity contribution is 8.01. The van der Waals surface area contributed by atoms with Gasteiger partial charge in [0, 0.05) is 37.9 Å². The lowest BCUT2D eigenvalue weighted by molar-refractivity contribution is -0.203. The zero-order valence-corrected chi connectivity index (χ0v) is 23.5. The topological polar surface area (TPSA) is 136 Å². The Morgan fingerprint density at radius 1 is 1.10 bits per heavy atom. The van der Waals surface area contributed by atoms with Gasteiger partial charge in [-0.05, 0) is 18.2 Å². The van der Waals surface area contributed by atoms with E-state index >= 15 is 0 Å². The van der Waals surface area contributed by atoms with E-state index in [1.54, 1.807) is 11.4 Å². The summed E-state index contributed by atoms with van der Waals surface area (Å²) in [7, 11) is 0. The maximum Gasteiger partial charge on any atom is 0.303 e. The van der Waals surface area contributed by atoms with Gasteiger partial charge in [0.2, 0.25) is 0 Å². The van der Waals surface area contributed by atoms with E-state index in [-0.39, 0.29) is 17.9 Å². The number of thiophene rings is 1. The molecule has 0 aliphatic carbocycles. The minimum atomic E-state index is -1.70. The summed E-state index contributed by atoms with van der Waals surface area (Å²) in [5.41, 5.74) is 5.91. The summed E-state index contributed by atoms with van der Waals surface area (Å²) in [5.74, 6) is -6.80. The molecule has 0 saturated carbocycles. The summed E-state index contributed by atoms with van der Waals surface area (Å²) in [4.78, 5) is 35.7. The number of nitrogens with one attached hydrogen (secondary N) is 2. The molecule has 0 bridgehead atoms. The summed E-state index contributed by atoms with van der Waals surface area (Å²) in [6, 6.07) is 1.82. The average molecular weight is 622 g/mol. The molecule has 1 aliphatic rings. The van der Waals surface area contributed by atoms with E-state index in [0.29, 0.717) is 21.4 Å². The minimum Gasteiger partial charge on any atom is -0.463 e. The first-order chi connectivity index (χ1) is 18.9. The molecular formula is C24H23ClF3N3O7S2. The predicted molar refractivity (Wildman–Crippen MR) is 138 cm³/mol. The smallest absolute Gasteiger partial charge is 0.303 e. The number of carbonyl (C=O) groups is 3. The molecule has 0 radical (unpaired) electrons. The Balaban J connectivity index is 2.07. The van der Waals surface area contributed by atoms with Crippen molar-refractivity contribution in [2.24, 2.45) is 5.11 Å². The Morgan fingerprint density at radius 2 is 1.73 bits per heavy atom. The molecule has 1 aliphatic heterocycles. The first-order valence-electron chi connectivity index (χ1n) is 11.4. The summed E-state index contributed by atoms with van der Waals surface area (Å²) in [6.45, 7) is 3.09. The fraction of sp³-hybridized carbons (Fsp3) is 0.375. The van der Waals surface area contributed by atoms with Crippen LogP contribution in [0.3, 0.4) is 0 Å². The Hall–Kier alpha value is -3.14. The van der Waals surface area contributed by atoms with Crippen molar-refractivity contribution in [3.05, 3.63) is 57.8 Å². The van der Waals surface area contributed by atoms with Crippen LogP contribution in [0.2, 0.25) is 5.02 Å². The SMILES string of the molecule is CC(=O)OCC1O[C@H](Sc2cc(Cl)cs2)C(OC(C)=O)C(N/C=C(\N=N)c2cc(F)c(F)c(F)c2)[C@H]1OC(C)=O. The highest BCUT2D eigenvalue weighted by Gasteiger charge is 2.50. The second kappa shape index (κ2) is 14.0. The van der Waals surface area contributed by atoms with E-state index in [2.05, 4.69) is 10.4 Å². The molecule has 1 aromatic heterocycles. The van der Waals surface area contributed by atoms with E-state index in [1.807, 2.05) is 0 Å². The lowest BCUT2D eigenvalue weighted by atomic mass is 9.96. The van der Waals surface area contributed by atoms with E-state index in [1.165, 1.54) is 18.3 Å². The van der Waals surface area contributed by atoms with Crippen molar-refractivity contribution in [1.29, 1.82) is 5.53 Å². The van der Waals surface area contributed by atoms with E-state index < -0.39 is 65.1 Å².